The van der Waals surface area contributed by atoms with Gasteiger partial charge in [-0.3, -0.25) is 9.69 Å². The smallest absolute Gasteiger partial charge is 0.270 e. The Kier molecular flexibility index (Phi) is 7.50. The zero-order chi connectivity index (χ0) is 22.8. The second-order valence-corrected chi connectivity index (χ2v) is 10.5. The maximum absolute atomic E-state index is 12.9. The summed E-state index contributed by atoms with van der Waals surface area (Å²) in [4.78, 5) is 15.0. The topological polar surface area (TPSA) is 29.5 Å². The molecule has 1 fully saturated rings. The first-order valence-corrected chi connectivity index (χ1v) is 12.4. The number of hydrogen-bond acceptors (Lipinski definition) is 4. The molecule has 0 aliphatic carbocycles. The Morgan fingerprint density at radius 1 is 1.03 bits per heavy atom. The molecule has 1 heterocycles. The van der Waals surface area contributed by atoms with Gasteiger partial charge in [-0.25, -0.2) is 0 Å². The molecule has 162 valence electrons. The van der Waals surface area contributed by atoms with Gasteiger partial charge in [0.15, 0.2) is 4.32 Å². The fraction of sp³-hybridized carbons (Fsp3) is 0.0435. The lowest BCUT2D eigenvalue weighted by atomic mass is 10.2. The third-order valence-corrected chi connectivity index (χ3v) is 7.26. The number of thioether (sulfide) groups is 1. The molecule has 4 rings (SSSR count). The van der Waals surface area contributed by atoms with Crippen molar-refractivity contribution >= 4 is 96.7 Å². The quantitative estimate of drug-likeness (QED) is 0.222. The molecule has 32 heavy (non-hydrogen) atoms. The van der Waals surface area contributed by atoms with Crippen molar-refractivity contribution < 1.29 is 9.53 Å². The summed E-state index contributed by atoms with van der Waals surface area (Å²) in [5, 5.41) is 1.66. The molecule has 0 atom stereocenters. The Bertz CT molecular complexity index is 1270. The molecule has 0 aromatic heterocycles. The summed E-state index contributed by atoms with van der Waals surface area (Å²) in [6.07, 6.45) is 1.80. The first-order chi connectivity index (χ1) is 15.3. The number of nitrogens with zero attached hydrogens (tertiary/aromatic N) is 1. The van der Waals surface area contributed by atoms with Crippen molar-refractivity contribution in [3.63, 3.8) is 0 Å². The normalized spacial score (nSPS) is 15.0. The maximum atomic E-state index is 12.9. The number of rotatable bonds is 5. The molecule has 1 aliphatic heterocycles. The van der Waals surface area contributed by atoms with Gasteiger partial charge in [-0.2, -0.15) is 0 Å². The van der Waals surface area contributed by atoms with Gasteiger partial charge in [0.2, 0.25) is 0 Å². The van der Waals surface area contributed by atoms with Crippen LogP contribution in [0.2, 0.25) is 15.1 Å². The van der Waals surface area contributed by atoms with Gasteiger partial charge in [0.1, 0.15) is 12.4 Å². The summed E-state index contributed by atoms with van der Waals surface area (Å²) < 4.78 is 7.10. The predicted octanol–water partition coefficient (Wildman–Crippen LogP) is 8.39. The highest BCUT2D eigenvalue weighted by molar-refractivity contribution is 9.10. The van der Waals surface area contributed by atoms with Crippen LogP contribution in [0.15, 0.2) is 70.0 Å². The second kappa shape index (κ2) is 10.2. The Labute approximate surface area is 218 Å². The van der Waals surface area contributed by atoms with Crippen molar-refractivity contribution in [3.05, 3.63) is 96.2 Å². The molecule has 0 unspecified atom stereocenters. The van der Waals surface area contributed by atoms with E-state index >= 15 is 0 Å². The van der Waals surface area contributed by atoms with Crippen LogP contribution in [-0.4, -0.2) is 10.2 Å². The molecule has 1 amide bonds. The lowest BCUT2D eigenvalue weighted by Gasteiger charge is -2.14. The largest absolute Gasteiger partial charge is 0.488 e. The molecule has 0 bridgehead atoms. The van der Waals surface area contributed by atoms with Gasteiger partial charge in [-0.15, -0.1) is 0 Å². The van der Waals surface area contributed by atoms with Gasteiger partial charge in [0.25, 0.3) is 5.91 Å². The minimum Gasteiger partial charge on any atom is -0.488 e. The summed E-state index contributed by atoms with van der Waals surface area (Å²) in [7, 11) is 0. The molecule has 3 aromatic rings. The highest BCUT2D eigenvalue weighted by Gasteiger charge is 2.33. The van der Waals surface area contributed by atoms with Crippen LogP contribution in [0.3, 0.4) is 0 Å². The van der Waals surface area contributed by atoms with Crippen LogP contribution in [0, 0.1) is 0 Å². The van der Waals surface area contributed by atoms with Gasteiger partial charge in [0, 0.05) is 20.6 Å². The van der Waals surface area contributed by atoms with E-state index in [-0.39, 0.29) is 5.91 Å². The number of carbonyl (C=O) groups excluding carboxylic acids is 1. The fourth-order valence-corrected chi connectivity index (χ4v) is 5.43. The molecule has 0 spiro atoms. The van der Waals surface area contributed by atoms with E-state index in [1.165, 1.54) is 16.7 Å². The Hall–Kier alpha value is -1.54. The minimum atomic E-state index is -0.184. The summed E-state index contributed by atoms with van der Waals surface area (Å²) in [5.74, 6) is 0.468. The molecule has 3 nitrogen and oxygen atoms in total. The number of anilines is 1. The first kappa shape index (κ1) is 23.6. The lowest BCUT2D eigenvalue weighted by Crippen LogP contribution is -2.27. The zero-order valence-corrected chi connectivity index (χ0v) is 21.6. The fourth-order valence-electron chi connectivity index (χ4n) is 2.98. The van der Waals surface area contributed by atoms with Crippen LogP contribution in [0.1, 0.15) is 11.1 Å². The number of ether oxygens (including phenoxy) is 1. The molecule has 9 heteroatoms. The van der Waals surface area contributed by atoms with Crippen molar-refractivity contribution in [1.82, 2.24) is 0 Å². The van der Waals surface area contributed by atoms with E-state index in [0.717, 1.165) is 15.6 Å². The van der Waals surface area contributed by atoms with Crippen LogP contribution < -0.4 is 9.64 Å². The van der Waals surface area contributed by atoms with E-state index in [2.05, 4.69) is 15.9 Å². The number of halogens is 4. The van der Waals surface area contributed by atoms with Crippen LogP contribution in [-0.2, 0) is 11.4 Å². The van der Waals surface area contributed by atoms with E-state index in [9.17, 15) is 4.79 Å². The van der Waals surface area contributed by atoms with Crippen molar-refractivity contribution in [2.75, 3.05) is 4.90 Å². The number of thiocarbonyl (C=S) groups is 1. The summed E-state index contributed by atoms with van der Waals surface area (Å²) >= 11 is 28.4. The molecule has 1 aliphatic rings. The van der Waals surface area contributed by atoms with Crippen LogP contribution in [0.4, 0.5) is 5.69 Å². The molecular weight excluding hydrogens is 573 g/mol. The number of carbonyl (C=O) groups is 1. The van der Waals surface area contributed by atoms with Crippen molar-refractivity contribution in [3.8, 4) is 5.75 Å². The van der Waals surface area contributed by atoms with Crippen molar-refractivity contribution in [2.24, 2.45) is 0 Å². The summed E-state index contributed by atoms with van der Waals surface area (Å²) in [6.45, 7) is 0.298. The van der Waals surface area contributed by atoms with E-state index < -0.39 is 0 Å². The third-order valence-electron chi connectivity index (χ3n) is 4.51. The summed E-state index contributed by atoms with van der Waals surface area (Å²) in [6, 6.07) is 17.9. The number of hydrogen-bond donors (Lipinski definition) is 0. The zero-order valence-electron chi connectivity index (χ0n) is 16.2. The molecule has 0 radical (unpaired) electrons. The van der Waals surface area contributed by atoms with E-state index in [1.807, 2.05) is 24.3 Å². The number of benzene rings is 3. The highest BCUT2D eigenvalue weighted by atomic mass is 79.9. The molecule has 1 saturated heterocycles. The number of amides is 1. The van der Waals surface area contributed by atoms with Gasteiger partial charge in [-0.05, 0) is 70.0 Å². The Balaban J connectivity index is 1.50. The van der Waals surface area contributed by atoms with Gasteiger partial charge in [-0.1, -0.05) is 77.0 Å². The van der Waals surface area contributed by atoms with Crippen LogP contribution in [0.25, 0.3) is 6.08 Å². The Morgan fingerprint density at radius 3 is 2.53 bits per heavy atom. The predicted molar refractivity (Wildman–Crippen MR) is 142 cm³/mol. The third kappa shape index (κ3) is 5.33. The van der Waals surface area contributed by atoms with E-state index in [0.29, 0.717) is 42.3 Å². The van der Waals surface area contributed by atoms with Crippen molar-refractivity contribution in [1.29, 1.82) is 0 Å². The average molecular weight is 586 g/mol. The van der Waals surface area contributed by atoms with Crippen LogP contribution in [0.5, 0.6) is 5.75 Å². The summed E-state index contributed by atoms with van der Waals surface area (Å²) in [5.41, 5.74) is 2.31. The second-order valence-electron chi connectivity index (χ2n) is 6.71. The highest BCUT2D eigenvalue weighted by Crippen LogP contribution is 2.37. The average Bonchev–Trinajstić information content (AvgIpc) is 3.01. The monoisotopic (exact) mass is 583 g/mol. The molecule has 0 saturated carbocycles. The SMILES string of the molecule is O=C1/C(=C/c2ccc(OCc3ccc(Cl)cc3Cl)c(Br)c2)SC(=S)N1c1cccc(Cl)c1. The maximum Gasteiger partial charge on any atom is 0.270 e. The standard InChI is InChI=1S/C23H13BrCl3NO2S2/c24-18-8-13(4-7-20(18)30-12-14-5-6-16(26)11-19(14)27)9-21-22(29)28(23(31)32-21)17-3-1-2-15(25)10-17/h1-11H,12H2/b21-9-. The first-order valence-electron chi connectivity index (χ1n) is 9.21. The minimum absolute atomic E-state index is 0.184. The van der Waals surface area contributed by atoms with Crippen molar-refractivity contribution in [2.45, 2.75) is 6.61 Å². The Morgan fingerprint density at radius 2 is 1.81 bits per heavy atom. The van der Waals surface area contributed by atoms with Gasteiger partial charge in [0.05, 0.1) is 15.1 Å². The molecule has 3 aromatic carbocycles. The lowest BCUT2D eigenvalue weighted by molar-refractivity contribution is -0.113. The van der Waals surface area contributed by atoms with E-state index in [4.69, 9.17) is 51.8 Å². The van der Waals surface area contributed by atoms with E-state index in [1.54, 1.807) is 42.5 Å². The molecule has 0 N–H and O–H groups in total. The van der Waals surface area contributed by atoms with Gasteiger partial charge >= 0.3 is 0 Å². The molecular formula is C23H13BrCl3NO2S2. The van der Waals surface area contributed by atoms with Crippen LogP contribution >= 0.6 is 74.7 Å². The van der Waals surface area contributed by atoms with Gasteiger partial charge < -0.3 is 4.74 Å².